The second kappa shape index (κ2) is 9.31. The summed E-state index contributed by atoms with van der Waals surface area (Å²) in [6.45, 7) is 5.12. The number of hydrazone groups is 1. The normalized spacial score (nSPS) is 18.6. The number of ether oxygens (including phenoxy) is 1. The second-order valence-electron chi connectivity index (χ2n) is 7.95. The minimum atomic E-state index is -0.449. The molecule has 1 fully saturated rings. The number of ketones is 1. The zero-order valence-electron chi connectivity index (χ0n) is 18.0. The lowest BCUT2D eigenvalue weighted by Gasteiger charge is -2.31. The molecule has 0 aromatic heterocycles. The van der Waals surface area contributed by atoms with Crippen LogP contribution >= 0.6 is 0 Å². The van der Waals surface area contributed by atoms with Crippen molar-refractivity contribution in [2.45, 2.75) is 25.9 Å². The molecule has 0 aliphatic carbocycles. The molecule has 1 saturated heterocycles. The van der Waals surface area contributed by atoms with Crippen molar-refractivity contribution in [3.63, 3.8) is 0 Å². The molecule has 0 radical (unpaired) electrons. The largest absolute Gasteiger partial charge is 0.378 e. The third-order valence-corrected chi connectivity index (χ3v) is 5.74. The van der Waals surface area contributed by atoms with Crippen molar-refractivity contribution in [3.05, 3.63) is 60.2 Å². The highest BCUT2D eigenvalue weighted by atomic mass is 16.5. The Labute approximate surface area is 182 Å². The number of carbonyl (C=O) groups is 2. The molecule has 2 heterocycles. The first-order chi connectivity index (χ1) is 15.0. The topological polar surface area (TPSA) is 65.5 Å². The third kappa shape index (κ3) is 4.61. The number of hydrogen-bond donors (Lipinski definition) is 0. The molecule has 31 heavy (non-hydrogen) atoms. The number of benzene rings is 2. The Morgan fingerprint density at radius 3 is 2.45 bits per heavy atom. The van der Waals surface area contributed by atoms with Gasteiger partial charge in [-0.1, -0.05) is 36.4 Å². The van der Waals surface area contributed by atoms with Gasteiger partial charge in [0.05, 0.1) is 18.9 Å². The first-order valence-corrected chi connectivity index (χ1v) is 10.6. The lowest BCUT2D eigenvalue weighted by atomic mass is 10.1. The zero-order valence-corrected chi connectivity index (χ0v) is 18.0. The van der Waals surface area contributed by atoms with E-state index in [4.69, 9.17) is 4.74 Å². The van der Waals surface area contributed by atoms with Crippen LogP contribution in [0.3, 0.4) is 0 Å². The van der Waals surface area contributed by atoms with Gasteiger partial charge in [-0.05, 0) is 30.7 Å². The first kappa shape index (κ1) is 21.1. The average Bonchev–Trinajstić information content (AvgIpc) is 3.26. The van der Waals surface area contributed by atoms with Gasteiger partial charge in [0.15, 0.2) is 5.78 Å². The first-order valence-electron chi connectivity index (χ1n) is 10.6. The summed E-state index contributed by atoms with van der Waals surface area (Å²) in [5.74, 6) is -0.155. The van der Waals surface area contributed by atoms with E-state index in [-0.39, 0.29) is 11.7 Å². The van der Waals surface area contributed by atoms with Crippen molar-refractivity contribution in [1.29, 1.82) is 0 Å². The second-order valence-corrected chi connectivity index (χ2v) is 7.95. The number of hydrogen-bond acceptors (Lipinski definition) is 6. The fourth-order valence-electron chi connectivity index (χ4n) is 4.08. The van der Waals surface area contributed by atoms with E-state index in [1.807, 2.05) is 42.5 Å². The summed E-state index contributed by atoms with van der Waals surface area (Å²) in [4.78, 5) is 29.4. The van der Waals surface area contributed by atoms with Crippen LogP contribution in [0, 0.1) is 0 Å². The molecule has 2 aliphatic heterocycles. The molecule has 1 amide bonds. The number of rotatable bonds is 6. The molecule has 1 unspecified atom stereocenters. The molecule has 7 nitrogen and oxygen atoms in total. The molecule has 7 heteroatoms. The maximum Gasteiger partial charge on any atom is 0.270 e. The van der Waals surface area contributed by atoms with Gasteiger partial charge in [0.25, 0.3) is 5.91 Å². The Kier molecular flexibility index (Phi) is 6.32. The van der Waals surface area contributed by atoms with Crippen LogP contribution in [0.5, 0.6) is 0 Å². The number of nitrogens with zero attached hydrogens (tertiary/aromatic N) is 4. The quantitative estimate of drug-likeness (QED) is 0.719. The van der Waals surface area contributed by atoms with Crippen molar-refractivity contribution in [2.75, 3.05) is 43.3 Å². The molecule has 162 valence electrons. The van der Waals surface area contributed by atoms with Crippen LogP contribution < -0.4 is 9.91 Å². The van der Waals surface area contributed by atoms with E-state index in [1.54, 1.807) is 23.9 Å². The van der Waals surface area contributed by atoms with Crippen LogP contribution in [0.25, 0.3) is 0 Å². The molecule has 2 aromatic rings. The van der Waals surface area contributed by atoms with Crippen molar-refractivity contribution < 1.29 is 14.3 Å². The summed E-state index contributed by atoms with van der Waals surface area (Å²) in [5.41, 5.74) is 3.44. The average molecular weight is 421 g/mol. The Morgan fingerprint density at radius 2 is 1.74 bits per heavy atom. The molecule has 0 spiro atoms. The summed E-state index contributed by atoms with van der Waals surface area (Å²) in [5, 5.41) is 6.22. The molecule has 0 saturated carbocycles. The highest BCUT2D eigenvalue weighted by Gasteiger charge is 2.35. The zero-order chi connectivity index (χ0) is 21.8. The molecule has 0 bridgehead atoms. The monoisotopic (exact) mass is 420 g/mol. The molecule has 2 aliphatic rings. The van der Waals surface area contributed by atoms with Gasteiger partial charge in [-0.15, -0.1) is 0 Å². The van der Waals surface area contributed by atoms with Crippen LogP contribution in [0.1, 0.15) is 18.9 Å². The van der Waals surface area contributed by atoms with E-state index in [1.165, 1.54) is 0 Å². The predicted octanol–water partition coefficient (Wildman–Crippen LogP) is 2.71. The van der Waals surface area contributed by atoms with Crippen LogP contribution in [-0.2, 0) is 20.9 Å². The Balaban J connectivity index is 1.52. The molecular formula is C24H28N4O3. The van der Waals surface area contributed by atoms with Gasteiger partial charge in [-0.25, -0.2) is 0 Å². The van der Waals surface area contributed by atoms with Crippen molar-refractivity contribution >= 4 is 28.8 Å². The van der Waals surface area contributed by atoms with E-state index in [9.17, 15) is 9.59 Å². The SMILES string of the molecule is CC(=O)C1CC(C(=O)N(C)Cc2ccccc2N2CCOCC2)=NN1c1ccccc1. The van der Waals surface area contributed by atoms with Gasteiger partial charge >= 0.3 is 0 Å². The van der Waals surface area contributed by atoms with Gasteiger partial charge in [0.1, 0.15) is 11.8 Å². The Hall–Kier alpha value is -3.19. The van der Waals surface area contributed by atoms with Gasteiger partial charge < -0.3 is 14.5 Å². The van der Waals surface area contributed by atoms with Crippen LogP contribution in [0.15, 0.2) is 59.7 Å². The van der Waals surface area contributed by atoms with E-state index in [2.05, 4.69) is 22.1 Å². The molecule has 2 aromatic carbocycles. The van der Waals surface area contributed by atoms with E-state index < -0.39 is 6.04 Å². The third-order valence-electron chi connectivity index (χ3n) is 5.74. The molecular weight excluding hydrogens is 392 g/mol. The molecule has 4 rings (SSSR count). The number of carbonyl (C=O) groups excluding carboxylic acids is 2. The van der Waals surface area contributed by atoms with Crippen LogP contribution in [0.2, 0.25) is 0 Å². The highest BCUT2D eigenvalue weighted by Crippen LogP contribution is 2.27. The van der Waals surface area contributed by atoms with Crippen molar-refractivity contribution in [3.8, 4) is 0 Å². The summed E-state index contributed by atoms with van der Waals surface area (Å²) in [6.07, 6.45) is 0.318. The fraction of sp³-hybridized carbons (Fsp3) is 0.375. The lowest BCUT2D eigenvalue weighted by Crippen LogP contribution is -2.38. The number of amides is 1. The molecule has 1 atom stereocenters. The van der Waals surface area contributed by atoms with Crippen molar-refractivity contribution in [2.24, 2.45) is 5.10 Å². The maximum absolute atomic E-state index is 13.2. The fourth-order valence-corrected chi connectivity index (χ4v) is 4.08. The number of Topliss-reactive ketones (excluding diaryl/α,β-unsaturated/α-hetero) is 1. The number of para-hydroxylation sites is 2. The number of morpholine rings is 1. The Morgan fingerprint density at radius 1 is 1.06 bits per heavy atom. The summed E-state index contributed by atoms with van der Waals surface area (Å²) in [6, 6.07) is 17.2. The Bertz CT molecular complexity index is 970. The minimum Gasteiger partial charge on any atom is -0.378 e. The van der Waals surface area contributed by atoms with Crippen LogP contribution in [-0.4, -0.2) is 61.7 Å². The van der Waals surface area contributed by atoms with Crippen molar-refractivity contribution in [1.82, 2.24) is 4.90 Å². The van der Waals surface area contributed by atoms with Gasteiger partial charge in [-0.3, -0.25) is 14.6 Å². The van der Waals surface area contributed by atoms with E-state index in [0.29, 0.717) is 31.9 Å². The smallest absolute Gasteiger partial charge is 0.270 e. The summed E-state index contributed by atoms with van der Waals surface area (Å²) >= 11 is 0. The van der Waals surface area contributed by atoms with Gasteiger partial charge in [0, 0.05) is 38.8 Å². The molecule has 0 N–H and O–H groups in total. The van der Waals surface area contributed by atoms with E-state index in [0.717, 1.165) is 30.0 Å². The highest BCUT2D eigenvalue weighted by molar-refractivity contribution is 6.40. The lowest BCUT2D eigenvalue weighted by molar-refractivity contribution is -0.123. The van der Waals surface area contributed by atoms with Crippen LogP contribution in [0.4, 0.5) is 11.4 Å². The standard InChI is InChI=1S/C24H28N4O3/c1-18(29)23-16-21(25-28(23)20-9-4-3-5-10-20)24(30)26(2)17-19-8-6-7-11-22(19)27-12-14-31-15-13-27/h3-11,23H,12-17H2,1-2H3. The summed E-state index contributed by atoms with van der Waals surface area (Å²) in [7, 11) is 1.79. The predicted molar refractivity (Wildman–Crippen MR) is 121 cm³/mol. The maximum atomic E-state index is 13.2. The summed E-state index contributed by atoms with van der Waals surface area (Å²) < 4.78 is 5.47. The van der Waals surface area contributed by atoms with Gasteiger partial charge in [-0.2, -0.15) is 5.10 Å². The number of anilines is 2. The van der Waals surface area contributed by atoms with E-state index >= 15 is 0 Å². The van der Waals surface area contributed by atoms with Gasteiger partial charge in [0.2, 0.25) is 0 Å². The minimum absolute atomic E-state index is 0.00396.